The SMILES string of the molecule is CC/C=C\C/C=C\C/C=C\C/C=C\C/C=C\C/C=C\C/C=C\C/C=C\C/C=C\C/C=C\CCCCCCCCC(=O)NC(COC1OC(CO)C(OC2OC(CO)C(O)C(O)C2O)C(O)C1O)C(O)/C=C/CC/C=C/CCCCCCCCCCCCCCCCCCCCCCCCC. The van der Waals surface area contributed by atoms with Crippen LogP contribution in [0.3, 0.4) is 0 Å². The van der Waals surface area contributed by atoms with E-state index in [0.29, 0.717) is 12.8 Å². The fourth-order valence-electron chi connectivity index (χ4n) is 12.2. The maximum atomic E-state index is 13.4. The summed E-state index contributed by atoms with van der Waals surface area (Å²) in [4.78, 5) is 13.4. The molecule has 0 aromatic heterocycles. The monoisotopic (exact) mass is 1400 g/mol. The average Bonchev–Trinajstić information content (AvgIpc) is 0.791. The molecule has 2 fully saturated rings. The highest BCUT2D eigenvalue weighted by atomic mass is 16.7. The molecule has 0 aromatic carbocycles. The highest BCUT2D eigenvalue weighted by Crippen LogP contribution is 2.30. The summed E-state index contributed by atoms with van der Waals surface area (Å²) in [6.45, 7) is 2.68. The van der Waals surface area contributed by atoms with Gasteiger partial charge in [-0.1, -0.05) is 327 Å². The molecule has 0 aliphatic carbocycles. The largest absolute Gasteiger partial charge is 0.394 e. The Balaban J connectivity index is 1.66. The molecule has 14 heteroatoms. The van der Waals surface area contributed by atoms with Gasteiger partial charge in [-0.3, -0.25) is 4.79 Å². The highest BCUT2D eigenvalue weighted by Gasteiger charge is 2.51. The van der Waals surface area contributed by atoms with Crippen molar-refractivity contribution in [1.29, 1.82) is 0 Å². The smallest absolute Gasteiger partial charge is 0.220 e. The maximum Gasteiger partial charge on any atom is 0.220 e. The summed E-state index contributed by atoms with van der Waals surface area (Å²) in [6, 6.07) is -0.953. The Labute approximate surface area is 608 Å². The summed E-state index contributed by atoms with van der Waals surface area (Å²) in [5.41, 5.74) is 0. The molecule has 0 bridgehead atoms. The van der Waals surface area contributed by atoms with Crippen molar-refractivity contribution in [2.45, 2.75) is 370 Å². The molecule has 0 spiro atoms. The van der Waals surface area contributed by atoms with Crippen molar-refractivity contribution in [2.75, 3.05) is 19.8 Å². The molecule has 572 valence electrons. The molecule has 0 aromatic rings. The Kier molecular flexibility index (Phi) is 62.5. The first-order chi connectivity index (χ1) is 49.1. The number of amides is 1. The van der Waals surface area contributed by atoms with Crippen LogP contribution in [0.5, 0.6) is 0 Å². The Bertz CT molecular complexity index is 2250. The second-order valence-electron chi connectivity index (χ2n) is 27.4. The lowest BCUT2D eigenvalue weighted by Crippen LogP contribution is -2.65. The summed E-state index contributed by atoms with van der Waals surface area (Å²) >= 11 is 0. The van der Waals surface area contributed by atoms with Crippen LogP contribution in [0.1, 0.15) is 296 Å². The summed E-state index contributed by atoms with van der Waals surface area (Å²) in [7, 11) is 0. The summed E-state index contributed by atoms with van der Waals surface area (Å²) in [5.74, 6) is -0.267. The van der Waals surface area contributed by atoms with E-state index in [4.69, 9.17) is 18.9 Å². The first-order valence-electron chi connectivity index (χ1n) is 40.1. The topological polar surface area (TPSA) is 228 Å². The highest BCUT2D eigenvalue weighted by molar-refractivity contribution is 5.76. The van der Waals surface area contributed by atoms with E-state index in [1.807, 2.05) is 6.08 Å². The predicted octanol–water partition coefficient (Wildman–Crippen LogP) is 18.4. The average molecular weight is 1400 g/mol. The quantitative estimate of drug-likeness (QED) is 0.0204. The fraction of sp³-hybridized carbons (Fsp3) is 0.709. The number of rotatable bonds is 65. The zero-order valence-electron chi connectivity index (χ0n) is 62.6. The Morgan fingerprint density at radius 3 is 1.10 bits per heavy atom. The summed E-state index contributed by atoms with van der Waals surface area (Å²) < 4.78 is 22.9. The molecule has 12 unspecified atom stereocenters. The van der Waals surface area contributed by atoms with Gasteiger partial charge in [0.2, 0.25) is 5.91 Å². The minimum absolute atomic E-state index is 0.247. The van der Waals surface area contributed by atoms with Crippen LogP contribution in [0.4, 0.5) is 0 Å². The molecule has 2 saturated heterocycles. The molecule has 100 heavy (non-hydrogen) atoms. The zero-order valence-corrected chi connectivity index (χ0v) is 62.6. The van der Waals surface area contributed by atoms with Gasteiger partial charge in [-0.2, -0.15) is 0 Å². The van der Waals surface area contributed by atoms with Gasteiger partial charge in [0.05, 0.1) is 32.0 Å². The van der Waals surface area contributed by atoms with Crippen LogP contribution in [0, 0.1) is 0 Å². The third kappa shape index (κ3) is 50.3. The lowest BCUT2D eigenvalue weighted by molar-refractivity contribution is -0.359. The molecule has 0 saturated carbocycles. The number of aliphatic hydroxyl groups excluding tert-OH is 8. The van der Waals surface area contributed by atoms with E-state index in [0.717, 1.165) is 116 Å². The number of carbonyl (C=O) groups is 1. The van der Waals surface area contributed by atoms with Crippen LogP contribution < -0.4 is 5.32 Å². The van der Waals surface area contributed by atoms with Crippen LogP contribution in [0.2, 0.25) is 0 Å². The van der Waals surface area contributed by atoms with Gasteiger partial charge in [0.1, 0.15) is 48.8 Å². The van der Waals surface area contributed by atoms with Crippen LogP contribution >= 0.6 is 0 Å². The molecule has 2 rings (SSSR count). The van der Waals surface area contributed by atoms with E-state index in [2.05, 4.69) is 153 Å². The van der Waals surface area contributed by atoms with Crippen LogP contribution in [-0.4, -0.2) is 140 Å². The third-order valence-electron chi connectivity index (χ3n) is 18.5. The van der Waals surface area contributed by atoms with Crippen molar-refractivity contribution in [2.24, 2.45) is 0 Å². The molecular weight excluding hydrogens is 1250 g/mol. The van der Waals surface area contributed by atoms with E-state index in [1.54, 1.807) is 6.08 Å². The zero-order chi connectivity index (χ0) is 72.2. The first-order valence-corrected chi connectivity index (χ1v) is 40.1. The normalized spacial score (nSPS) is 22.7. The van der Waals surface area contributed by atoms with Crippen molar-refractivity contribution in [3.05, 3.63) is 146 Å². The summed E-state index contributed by atoms with van der Waals surface area (Å²) in [6.07, 6.45) is 86.3. The van der Waals surface area contributed by atoms with Crippen LogP contribution in [0.25, 0.3) is 0 Å². The fourth-order valence-corrected chi connectivity index (χ4v) is 12.2. The number of nitrogens with one attached hydrogen (secondary N) is 1. The number of aliphatic hydroxyl groups is 8. The molecule has 9 N–H and O–H groups in total. The minimum atomic E-state index is -1.80. The van der Waals surface area contributed by atoms with Crippen molar-refractivity contribution >= 4 is 5.91 Å². The van der Waals surface area contributed by atoms with Crippen molar-refractivity contribution < 1.29 is 64.6 Å². The van der Waals surface area contributed by atoms with Gasteiger partial charge >= 0.3 is 0 Å². The Morgan fingerprint density at radius 1 is 0.370 bits per heavy atom. The standard InChI is InChI=1S/C86H145NO13/c1-3-5-7-9-11-13-15-17-19-21-23-25-27-29-31-33-34-35-36-37-38-39-40-42-44-46-48-50-52-54-56-58-60-62-64-66-68-70-78(91)87-74(73-97-85-83(96)81(94)84(77(72-89)99-85)100-86-82(95)80(93)79(92)76(71-88)98-86)75(90)69-67-65-63-61-59-57-55-53-51-49-47-45-43-41-32-30-28-26-24-22-20-18-16-14-12-10-8-6-4-2/h5,7,11,13,17,19,23,25,29,31,34-35,37-38,40,42,46,48,52,54,59,61,67,69,74-77,79-86,88-90,92-96H,3-4,6,8-10,12,14-16,18,20-22,24,26-28,30,32-33,36,39,41,43-45,47,49-51,53,55-58,60,62-66,68,70-73H2,1-2H3,(H,87,91)/b7-5-,13-11-,19-17-,25-23-,31-29-,35-34-,38-37-,42-40-,48-46-,54-52-,61-59+,69-67+. The number of hydrogen-bond donors (Lipinski definition) is 9. The number of hydrogen-bond acceptors (Lipinski definition) is 13. The number of unbranched alkanes of at least 4 members (excludes halogenated alkanes) is 30. The molecular formula is C86H145NO13. The van der Waals surface area contributed by atoms with Crippen LogP contribution in [0.15, 0.2) is 146 Å². The second-order valence-corrected chi connectivity index (χ2v) is 27.4. The molecule has 14 nitrogen and oxygen atoms in total. The van der Waals surface area contributed by atoms with E-state index < -0.39 is 86.8 Å². The lowest BCUT2D eigenvalue weighted by atomic mass is 9.97. The van der Waals surface area contributed by atoms with Gasteiger partial charge in [-0.15, -0.1) is 0 Å². The molecule has 2 aliphatic rings. The van der Waals surface area contributed by atoms with Gasteiger partial charge in [-0.05, 0) is 109 Å². The number of ether oxygens (including phenoxy) is 4. The minimum Gasteiger partial charge on any atom is -0.394 e. The van der Waals surface area contributed by atoms with E-state index in [1.165, 1.54) is 148 Å². The Hall–Kier alpha value is -4.13. The van der Waals surface area contributed by atoms with Crippen molar-refractivity contribution in [3.8, 4) is 0 Å². The number of allylic oxidation sites excluding steroid dienone is 23. The van der Waals surface area contributed by atoms with Crippen molar-refractivity contribution in [3.63, 3.8) is 0 Å². The lowest BCUT2D eigenvalue weighted by Gasteiger charge is -2.46. The van der Waals surface area contributed by atoms with E-state index in [-0.39, 0.29) is 18.9 Å². The molecule has 2 aliphatic heterocycles. The van der Waals surface area contributed by atoms with Gasteiger partial charge in [0.15, 0.2) is 12.6 Å². The molecule has 1 amide bonds. The van der Waals surface area contributed by atoms with E-state index >= 15 is 0 Å². The number of carbonyl (C=O) groups excluding carboxylic acids is 1. The van der Waals surface area contributed by atoms with Gasteiger partial charge in [0, 0.05) is 6.42 Å². The molecule has 2 heterocycles. The second kappa shape index (κ2) is 68.0. The van der Waals surface area contributed by atoms with Crippen molar-refractivity contribution in [1.82, 2.24) is 5.32 Å². The Morgan fingerprint density at radius 2 is 0.700 bits per heavy atom. The van der Waals surface area contributed by atoms with Gasteiger partial charge < -0.3 is 65.1 Å². The molecule has 0 radical (unpaired) electrons. The first kappa shape index (κ1) is 92.0. The predicted molar refractivity (Wildman–Crippen MR) is 414 cm³/mol. The van der Waals surface area contributed by atoms with Gasteiger partial charge in [-0.25, -0.2) is 0 Å². The third-order valence-corrected chi connectivity index (χ3v) is 18.5. The summed E-state index contributed by atoms with van der Waals surface area (Å²) in [5, 5.41) is 87.6. The maximum absolute atomic E-state index is 13.4. The van der Waals surface area contributed by atoms with Crippen LogP contribution in [-0.2, 0) is 23.7 Å². The molecule has 12 atom stereocenters. The van der Waals surface area contributed by atoms with E-state index in [9.17, 15) is 45.6 Å². The van der Waals surface area contributed by atoms with Gasteiger partial charge in [0.25, 0.3) is 0 Å².